The van der Waals surface area contributed by atoms with Gasteiger partial charge in [-0.05, 0) is 17.6 Å². The zero-order chi connectivity index (χ0) is 11.4. The van der Waals surface area contributed by atoms with Crippen molar-refractivity contribution in [3.8, 4) is 0 Å². The van der Waals surface area contributed by atoms with E-state index in [0.717, 1.165) is 12.2 Å². The van der Waals surface area contributed by atoms with Gasteiger partial charge in [-0.3, -0.25) is 0 Å². The van der Waals surface area contributed by atoms with Gasteiger partial charge in [0, 0.05) is 18.3 Å². The normalized spacial score (nSPS) is 24.0. The molecule has 0 saturated carbocycles. The summed E-state index contributed by atoms with van der Waals surface area (Å²) in [7, 11) is 0. The molecule has 1 aliphatic carbocycles. The molecule has 2 heteroatoms. The summed E-state index contributed by atoms with van der Waals surface area (Å²) in [5, 5.41) is 3.41. The second-order valence-electron chi connectivity index (χ2n) is 4.26. The summed E-state index contributed by atoms with van der Waals surface area (Å²) in [5.74, 6) is 0.406. The molecule has 3 N–H and O–H groups in total. The standard InChI is InChI=1S/C14H18N2/c1-11-9-13(7-8-14(11)15)16-10-12-5-3-2-4-6-12/h2-9,11,14,16H,10,15H2,1H3. The van der Waals surface area contributed by atoms with Crippen LogP contribution in [0.4, 0.5) is 0 Å². The van der Waals surface area contributed by atoms with Gasteiger partial charge in [-0.15, -0.1) is 0 Å². The van der Waals surface area contributed by atoms with E-state index in [1.807, 2.05) is 6.07 Å². The Kier molecular flexibility index (Phi) is 3.42. The summed E-state index contributed by atoms with van der Waals surface area (Å²) in [6, 6.07) is 10.5. The molecule has 2 atom stereocenters. The Labute approximate surface area is 96.9 Å². The highest BCUT2D eigenvalue weighted by atomic mass is 14.9. The molecule has 0 heterocycles. The highest BCUT2D eigenvalue weighted by Gasteiger charge is 2.11. The summed E-state index contributed by atoms with van der Waals surface area (Å²) in [4.78, 5) is 0. The number of hydrogen-bond donors (Lipinski definition) is 2. The Hall–Kier alpha value is -1.54. The third kappa shape index (κ3) is 2.74. The molecule has 0 fully saturated rings. The lowest BCUT2D eigenvalue weighted by Crippen LogP contribution is -2.28. The van der Waals surface area contributed by atoms with Crippen LogP contribution >= 0.6 is 0 Å². The fourth-order valence-corrected chi connectivity index (χ4v) is 1.76. The van der Waals surface area contributed by atoms with E-state index in [1.165, 1.54) is 5.56 Å². The van der Waals surface area contributed by atoms with Crippen LogP contribution in [0, 0.1) is 5.92 Å². The molecule has 0 saturated heterocycles. The molecule has 1 aliphatic rings. The summed E-state index contributed by atoms with van der Waals surface area (Å²) in [5.41, 5.74) is 8.34. The third-order valence-corrected chi connectivity index (χ3v) is 2.89. The van der Waals surface area contributed by atoms with Crippen molar-refractivity contribution in [3.63, 3.8) is 0 Å². The summed E-state index contributed by atoms with van der Waals surface area (Å²) in [6.45, 7) is 3.00. The second-order valence-corrected chi connectivity index (χ2v) is 4.26. The van der Waals surface area contributed by atoms with Crippen molar-refractivity contribution < 1.29 is 0 Å². The first-order valence-electron chi connectivity index (χ1n) is 5.69. The first kappa shape index (κ1) is 11.0. The van der Waals surface area contributed by atoms with Crippen molar-refractivity contribution in [2.45, 2.75) is 19.5 Å². The maximum Gasteiger partial charge on any atom is 0.0400 e. The predicted molar refractivity (Wildman–Crippen MR) is 67.6 cm³/mol. The zero-order valence-corrected chi connectivity index (χ0v) is 9.56. The molecule has 16 heavy (non-hydrogen) atoms. The Morgan fingerprint density at radius 2 is 2.00 bits per heavy atom. The molecule has 2 rings (SSSR count). The molecule has 1 aromatic carbocycles. The van der Waals surface area contributed by atoms with Crippen LogP contribution in [0.1, 0.15) is 12.5 Å². The molecular formula is C14H18N2. The van der Waals surface area contributed by atoms with Gasteiger partial charge >= 0.3 is 0 Å². The number of nitrogens with two attached hydrogens (primary N) is 1. The zero-order valence-electron chi connectivity index (χ0n) is 9.56. The molecule has 0 bridgehead atoms. The van der Waals surface area contributed by atoms with E-state index in [9.17, 15) is 0 Å². The molecule has 2 unspecified atom stereocenters. The average Bonchev–Trinajstić information content (AvgIpc) is 2.32. The molecule has 84 valence electrons. The minimum absolute atomic E-state index is 0.155. The smallest absolute Gasteiger partial charge is 0.0400 e. The van der Waals surface area contributed by atoms with E-state index in [2.05, 4.69) is 54.7 Å². The largest absolute Gasteiger partial charge is 0.381 e. The van der Waals surface area contributed by atoms with Gasteiger partial charge in [0.25, 0.3) is 0 Å². The van der Waals surface area contributed by atoms with Crippen molar-refractivity contribution in [2.75, 3.05) is 0 Å². The Morgan fingerprint density at radius 3 is 2.69 bits per heavy atom. The molecule has 0 amide bonds. The van der Waals surface area contributed by atoms with Crippen LogP contribution in [0.15, 0.2) is 54.3 Å². The van der Waals surface area contributed by atoms with Crippen molar-refractivity contribution in [3.05, 3.63) is 59.8 Å². The van der Waals surface area contributed by atoms with Gasteiger partial charge in [-0.25, -0.2) is 0 Å². The number of rotatable bonds is 3. The van der Waals surface area contributed by atoms with Crippen LogP contribution in [0.3, 0.4) is 0 Å². The molecule has 2 nitrogen and oxygen atoms in total. The number of hydrogen-bond acceptors (Lipinski definition) is 2. The molecule has 0 aliphatic heterocycles. The number of benzene rings is 1. The lowest BCUT2D eigenvalue weighted by Gasteiger charge is -2.19. The summed E-state index contributed by atoms with van der Waals surface area (Å²) < 4.78 is 0. The van der Waals surface area contributed by atoms with E-state index < -0.39 is 0 Å². The molecule has 0 aromatic heterocycles. The van der Waals surface area contributed by atoms with Gasteiger partial charge in [0.2, 0.25) is 0 Å². The topological polar surface area (TPSA) is 38.0 Å². The average molecular weight is 214 g/mol. The van der Waals surface area contributed by atoms with Crippen molar-refractivity contribution in [1.29, 1.82) is 0 Å². The maximum absolute atomic E-state index is 5.89. The van der Waals surface area contributed by atoms with Crippen LogP contribution in [0.5, 0.6) is 0 Å². The Bertz CT molecular complexity index is 392. The van der Waals surface area contributed by atoms with E-state index in [1.54, 1.807) is 0 Å². The van der Waals surface area contributed by atoms with Gasteiger partial charge in [0.05, 0.1) is 0 Å². The first-order valence-corrected chi connectivity index (χ1v) is 5.69. The van der Waals surface area contributed by atoms with Crippen molar-refractivity contribution in [1.82, 2.24) is 5.32 Å². The second kappa shape index (κ2) is 4.99. The van der Waals surface area contributed by atoms with E-state index >= 15 is 0 Å². The maximum atomic E-state index is 5.89. The lowest BCUT2D eigenvalue weighted by molar-refractivity contribution is 0.609. The highest BCUT2D eigenvalue weighted by Crippen LogP contribution is 2.13. The van der Waals surface area contributed by atoms with Crippen LogP contribution < -0.4 is 11.1 Å². The van der Waals surface area contributed by atoms with Gasteiger partial charge in [-0.1, -0.05) is 49.4 Å². The summed E-state index contributed by atoms with van der Waals surface area (Å²) >= 11 is 0. The van der Waals surface area contributed by atoms with Crippen LogP contribution in [0.25, 0.3) is 0 Å². The quantitative estimate of drug-likeness (QED) is 0.809. The minimum atomic E-state index is 0.155. The van der Waals surface area contributed by atoms with Crippen molar-refractivity contribution in [2.24, 2.45) is 11.7 Å². The highest BCUT2D eigenvalue weighted by molar-refractivity contribution is 5.26. The van der Waals surface area contributed by atoms with Crippen molar-refractivity contribution >= 4 is 0 Å². The van der Waals surface area contributed by atoms with Gasteiger partial charge in [-0.2, -0.15) is 0 Å². The van der Waals surface area contributed by atoms with Crippen LogP contribution in [0.2, 0.25) is 0 Å². The SMILES string of the molecule is CC1C=C(NCc2ccccc2)C=CC1N. The monoisotopic (exact) mass is 214 g/mol. The van der Waals surface area contributed by atoms with E-state index in [-0.39, 0.29) is 6.04 Å². The van der Waals surface area contributed by atoms with E-state index in [0.29, 0.717) is 5.92 Å². The predicted octanol–water partition coefficient (Wildman–Crippen LogP) is 2.19. The number of nitrogens with one attached hydrogen (secondary N) is 1. The minimum Gasteiger partial charge on any atom is -0.381 e. The van der Waals surface area contributed by atoms with Crippen LogP contribution in [-0.2, 0) is 6.54 Å². The fraction of sp³-hybridized carbons (Fsp3) is 0.286. The molecule has 0 radical (unpaired) electrons. The lowest BCUT2D eigenvalue weighted by atomic mass is 9.96. The van der Waals surface area contributed by atoms with E-state index in [4.69, 9.17) is 5.73 Å². The molecular weight excluding hydrogens is 196 g/mol. The fourth-order valence-electron chi connectivity index (χ4n) is 1.76. The first-order chi connectivity index (χ1) is 7.75. The van der Waals surface area contributed by atoms with Crippen LogP contribution in [-0.4, -0.2) is 6.04 Å². The summed E-state index contributed by atoms with van der Waals surface area (Å²) in [6.07, 6.45) is 6.30. The molecule has 1 aromatic rings. The van der Waals surface area contributed by atoms with Gasteiger partial charge in [0.1, 0.15) is 0 Å². The third-order valence-electron chi connectivity index (χ3n) is 2.89. The Balaban J connectivity index is 1.92. The van der Waals surface area contributed by atoms with Gasteiger partial charge < -0.3 is 11.1 Å². The Morgan fingerprint density at radius 1 is 1.25 bits per heavy atom. The number of allylic oxidation sites excluding steroid dienone is 1. The molecule has 0 spiro atoms. The van der Waals surface area contributed by atoms with Gasteiger partial charge in [0.15, 0.2) is 0 Å².